The first-order chi connectivity index (χ1) is 14.9. The molecular formula is C25H17FO5. The molecule has 5 nitrogen and oxygen atoms in total. The molecule has 1 aromatic heterocycles. The van der Waals surface area contributed by atoms with Crippen molar-refractivity contribution in [1.29, 1.82) is 0 Å². The third-order valence-electron chi connectivity index (χ3n) is 4.91. The topological polar surface area (TPSA) is 87.7 Å². The number of hydrogen-bond donors (Lipinski definition) is 2. The van der Waals surface area contributed by atoms with Crippen LogP contribution in [-0.2, 0) is 11.2 Å². The average molecular weight is 416 g/mol. The molecule has 0 spiro atoms. The number of carbonyl (C=O) groups is 1. The molecular weight excluding hydrogens is 399 g/mol. The van der Waals surface area contributed by atoms with Crippen molar-refractivity contribution in [3.05, 3.63) is 106 Å². The Labute approximate surface area is 176 Å². The maximum atomic E-state index is 13.4. The van der Waals surface area contributed by atoms with Crippen molar-refractivity contribution in [2.75, 3.05) is 0 Å². The summed E-state index contributed by atoms with van der Waals surface area (Å²) in [6, 6.07) is 17.4. The summed E-state index contributed by atoms with van der Waals surface area (Å²) in [5.41, 5.74) is 2.83. The lowest BCUT2D eigenvalue weighted by molar-refractivity contribution is -0.131. The Morgan fingerprint density at radius 3 is 2.39 bits per heavy atom. The van der Waals surface area contributed by atoms with Gasteiger partial charge in [-0.3, -0.25) is 0 Å². The molecule has 4 aromatic rings. The van der Waals surface area contributed by atoms with E-state index in [1.807, 2.05) is 12.1 Å². The molecule has 0 radical (unpaired) electrons. The van der Waals surface area contributed by atoms with Gasteiger partial charge in [-0.25, -0.2) is 14.0 Å². The van der Waals surface area contributed by atoms with Crippen molar-refractivity contribution < 1.29 is 23.8 Å². The van der Waals surface area contributed by atoms with Gasteiger partial charge in [0.1, 0.15) is 17.1 Å². The van der Waals surface area contributed by atoms with E-state index in [0.29, 0.717) is 28.5 Å². The van der Waals surface area contributed by atoms with Gasteiger partial charge in [0.2, 0.25) is 0 Å². The van der Waals surface area contributed by atoms with Crippen molar-refractivity contribution in [2.45, 2.75) is 6.42 Å². The van der Waals surface area contributed by atoms with Crippen LogP contribution in [0.3, 0.4) is 0 Å². The first-order valence-electron chi connectivity index (χ1n) is 9.45. The van der Waals surface area contributed by atoms with E-state index >= 15 is 0 Å². The van der Waals surface area contributed by atoms with Crippen molar-refractivity contribution in [3.8, 4) is 16.9 Å². The van der Waals surface area contributed by atoms with Crippen LogP contribution < -0.4 is 5.63 Å². The van der Waals surface area contributed by atoms with E-state index in [1.165, 1.54) is 42.5 Å². The average Bonchev–Trinajstić information content (AvgIpc) is 2.74. The van der Waals surface area contributed by atoms with Gasteiger partial charge in [-0.15, -0.1) is 0 Å². The number of fused-ring (bicyclic) bond motifs is 1. The Morgan fingerprint density at radius 1 is 1.00 bits per heavy atom. The van der Waals surface area contributed by atoms with E-state index in [1.54, 1.807) is 18.2 Å². The van der Waals surface area contributed by atoms with Crippen LogP contribution in [0.5, 0.6) is 5.75 Å². The molecule has 0 unspecified atom stereocenters. The predicted molar refractivity (Wildman–Crippen MR) is 115 cm³/mol. The second-order valence-corrected chi connectivity index (χ2v) is 7.02. The highest BCUT2D eigenvalue weighted by Gasteiger charge is 2.17. The summed E-state index contributed by atoms with van der Waals surface area (Å²) in [6.45, 7) is 0. The summed E-state index contributed by atoms with van der Waals surface area (Å²) in [5.74, 6) is -1.46. The number of carboxylic acid groups (broad SMARTS) is 1. The third-order valence-corrected chi connectivity index (χ3v) is 4.91. The molecule has 4 rings (SSSR count). The Balaban J connectivity index is 1.85. The fraction of sp³-hybridized carbons (Fsp3) is 0.0400. The minimum absolute atomic E-state index is 0.0225. The highest BCUT2D eigenvalue weighted by Crippen LogP contribution is 2.31. The van der Waals surface area contributed by atoms with Gasteiger partial charge in [0, 0.05) is 17.5 Å². The summed E-state index contributed by atoms with van der Waals surface area (Å²) < 4.78 is 18.9. The van der Waals surface area contributed by atoms with Crippen LogP contribution in [0.4, 0.5) is 4.39 Å². The van der Waals surface area contributed by atoms with Gasteiger partial charge < -0.3 is 14.6 Å². The largest absolute Gasteiger partial charge is 0.508 e. The fourth-order valence-corrected chi connectivity index (χ4v) is 3.46. The standard InChI is InChI=1S/C25H17FO5/c26-18-8-6-17(7-9-18)24-21(20-11-10-19(27)14-22(20)31-25(24)30)13-16-3-1-15(2-4-16)5-12-23(28)29/h1-12,14,27H,13H2,(H,28,29)/b12-5+. The first-order valence-corrected chi connectivity index (χ1v) is 9.45. The normalized spacial score (nSPS) is 11.3. The molecule has 0 saturated carbocycles. The molecule has 1 heterocycles. The van der Waals surface area contributed by atoms with E-state index in [-0.39, 0.29) is 11.3 Å². The zero-order chi connectivity index (χ0) is 22.0. The van der Waals surface area contributed by atoms with Gasteiger partial charge in [0.25, 0.3) is 0 Å². The minimum atomic E-state index is -1.03. The molecule has 0 aliphatic heterocycles. The molecule has 0 bridgehead atoms. The Hall–Kier alpha value is -4.19. The van der Waals surface area contributed by atoms with Crippen molar-refractivity contribution in [2.24, 2.45) is 0 Å². The molecule has 3 aromatic carbocycles. The van der Waals surface area contributed by atoms with E-state index in [2.05, 4.69) is 0 Å². The SMILES string of the molecule is O=C(O)/C=C/c1ccc(Cc2c(-c3ccc(F)cc3)c(=O)oc3cc(O)ccc23)cc1. The molecule has 31 heavy (non-hydrogen) atoms. The number of phenols is 1. The van der Waals surface area contributed by atoms with E-state index in [4.69, 9.17) is 9.52 Å². The monoisotopic (exact) mass is 416 g/mol. The smallest absolute Gasteiger partial charge is 0.344 e. The molecule has 0 fully saturated rings. The lowest BCUT2D eigenvalue weighted by Gasteiger charge is -2.13. The molecule has 0 amide bonds. The number of phenolic OH excluding ortho intramolecular Hbond substituents is 1. The zero-order valence-corrected chi connectivity index (χ0v) is 16.2. The van der Waals surface area contributed by atoms with Crippen molar-refractivity contribution in [3.63, 3.8) is 0 Å². The van der Waals surface area contributed by atoms with Crippen molar-refractivity contribution >= 4 is 23.0 Å². The Kier molecular flexibility index (Phi) is 5.37. The number of halogens is 1. The van der Waals surface area contributed by atoms with Crippen LogP contribution in [0.2, 0.25) is 0 Å². The number of aromatic hydroxyl groups is 1. The molecule has 0 atom stereocenters. The Morgan fingerprint density at radius 2 is 1.71 bits per heavy atom. The number of aliphatic carboxylic acids is 1. The second-order valence-electron chi connectivity index (χ2n) is 7.02. The predicted octanol–water partition coefficient (Wildman–Crippen LogP) is 4.99. The highest BCUT2D eigenvalue weighted by molar-refractivity contribution is 5.88. The Bertz CT molecular complexity index is 1350. The summed E-state index contributed by atoms with van der Waals surface area (Å²) in [5, 5.41) is 19.2. The van der Waals surface area contributed by atoms with E-state index < -0.39 is 17.4 Å². The zero-order valence-electron chi connectivity index (χ0n) is 16.2. The van der Waals surface area contributed by atoms with Gasteiger partial charge in [-0.2, -0.15) is 0 Å². The van der Waals surface area contributed by atoms with Crippen LogP contribution in [-0.4, -0.2) is 16.2 Å². The molecule has 6 heteroatoms. The van der Waals surface area contributed by atoms with Gasteiger partial charge in [-0.05, 0) is 59.0 Å². The number of hydrogen-bond acceptors (Lipinski definition) is 4. The maximum Gasteiger partial charge on any atom is 0.344 e. The van der Waals surface area contributed by atoms with Crippen LogP contribution in [0.15, 0.2) is 82.0 Å². The summed E-state index contributed by atoms with van der Waals surface area (Å²) in [7, 11) is 0. The molecule has 0 saturated heterocycles. The number of rotatable bonds is 5. The van der Waals surface area contributed by atoms with E-state index in [0.717, 1.165) is 17.2 Å². The highest BCUT2D eigenvalue weighted by atomic mass is 19.1. The lowest BCUT2D eigenvalue weighted by atomic mass is 9.93. The molecule has 0 aliphatic rings. The van der Waals surface area contributed by atoms with Gasteiger partial charge in [0.15, 0.2) is 0 Å². The molecule has 0 aliphatic carbocycles. The molecule has 154 valence electrons. The number of carboxylic acids is 1. The number of benzene rings is 3. The summed E-state index contributed by atoms with van der Waals surface area (Å²) in [6.07, 6.45) is 2.93. The van der Waals surface area contributed by atoms with E-state index in [9.17, 15) is 19.1 Å². The third kappa shape index (κ3) is 4.38. The first kappa shape index (κ1) is 20.1. The summed E-state index contributed by atoms with van der Waals surface area (Å²) in [4.78, 5) is 23.5. The fourth-order valence-electron chi connectivity index (χ4n) is 3.46. The lowest BCUT2D eigenvalue weighted by Crippen LogP contribution is -2.09. The van der Waals surface area contributed by atoms with Gasteiger partial charge in [0.05, 0.1) is 5.56 Å². The maximum absolute atomic E-state index is 13.4. The van der Waals surface area contributed by atoms with Crippen LogP contribution >= 0.6 is 0 Å². The molecule has 2 N–H and O–H groups in total. The van der Waals surface area contributed by atoms with Crippen molar-refractivity contribution in [1.82, 2.24) is 0 Å². The van der Waals surface area contributed by atoms with Crippen LogP contribution in [0.25, 0.3) is 28.2 Å². The quantitative estimate of drug-likeness (QED) is 0.353. The van der Waals surface area contributed by atoms with Gasteiger partial charge in [-0.1, -0.05) is 36.4 Å². The van der Waals surface area contributed by atoms with Gasteiger partial charge >= 0.3 is 11.6 Å². The second kappa shape index (κ2) is 8.28. The summed E-state index contributed by atoms with van der Waals surface area (Å²) >= 11 is 0. The van der Waals surface area contributed by atoms with Crippen LogP contribution in [0, 0.1) is 5.82 Å². The minimum Gasteiger partial charge on any atom is -0.508 e. The van der Waals surface area contributed by atoms with Crippen LogP contribution in [0.1, 0.15) is 16.7 Å².